The minimum Gasteiger partial charge on any atom is -0.504 e. The lowest BCUT2D eigenvalue weighted by atomic mass is 10.1. The molecule has 0 unspecified atom stereocenters. The first kappa shape index (κ1) is 15.2. The third-order valence-electron chi connectivity index (χ3n) is 3.39. The summed E-state index contributed by atoms with van der Waals surface area (Å²) in [6, 6.07) is 12.0. The number of anilines is 1. The van der Waals surface area contributed by atoms with Crippen LogP contribution in [0.3, 0.4) is 0 Å². The number of nitrogens with zero attached hydrogens (tertiary/aromatic N) is 1. The molecule has 1 N–H and O–H groups in total. The van der Waals surface area contributed by atoms with E-state index in [2.05, 4.69) is 44.0 Å². The highest BCUT2D eigenvalue weighted by atomic mass is 16.5. The Bertz CT molecular complexity index is 602. The van der Waals surface area contributed by atoms with E-state index in [0.717, 1.165) is 12.1 Å². The van der Waals surface area contributed by atoms with Gasteiger partial charge in [-0.2, -0.15) is 0 Å². The van der Waals surface area contributed by atoms with Gasteiger partial charge < -0.3 is 14.7 Å². The maximum Gasteiger partial charge on any atom is 0.161 e. The Balaban J connectivity index is 2.18. The van der Waals surface area contributed by atoms with Crippen LogP contribution in [0.2, 0.25) is 0 Å². The number of benzene rings is 2. The van der Waals surface area contributed by atoms with Crippen LogP contribution in [0.5, 0.6) is 11.5 Å². The molecule has 0 heterocycles. The van der Waals surface area contributed by atoms with Crippen LogP contribution in [0.25, 0.3) is 0 Å². The molecule has 0 aromatic heterocycles. The van der Waals surface area contributed by atoms with E-state index < -0.39 is 0 Å². The van der Waals surface area contributed by atoms with Crippen LogP contribution in [-0.4, -0.2) is 18.8 Å². The van der Waals surface area contributed by atoms with Gasteiger partial charge in [-0.1, -0.05) is 12.1 Å². The van der Waals surface area contributed by atoms with E-state index in [0.29, 0.717) is 12.4 Å². The highest BCUT2D eigenvalue weighted by Gasteiger charge is 2.07. The van der Waals surface area contributed by atoms with Crippen molar-refractivity contribution >= 4 is 5.69 Å². The summed E-state index contributed by atoms with van der Waals surface area (Å²) in [6.45, 7) is 7.44. The van der Waals surface area contributed by atoms with Gasteiger partial charge in [-0.25, -0.2) is 0 Å². The van der Waals surface area contributed by atoms with Crippen molar-refractivity contribution in [2.45, 2.75) is 27.3 Å². The third-order valence-corrected chi connectivity index (χ3v) is 3.39. The predicted molar refractivity (Wildman–Crippen MR) is 87.3 cm³/mol. The molecule has 0 bridgehead atoms. The zero-order valence-corrected chi connectivity index (χ0v) is 13.2. The number of hydrogen-bond donors (Lipinski definition) is 1. The number of phenols is 1. The number of phenolic OH excluding ortho intramolecular Hbond substituents is 1. The van der Waals surface area contributed by atoms with E-state index in [-0.39, 0.29) is 5.75 Å². The molecular formula is C18H23NO2. The smallest absolute Gasteiger partial charge is 0.161 e. The molecule has 0 aliphatic rings. The van der Waals surface area contributed by atoms with E-state index in [1.807, 2.05) is 19.1 Å². The number of aromatic hydroxyl groups is 1. The Labute approximate surface area is 126 Å². The lowest BCUT2D eigenvalue weighted by Gasteiger charge is -2.21. The van der Waals surface area contributed by atoms with Crippen LogP contribution in [0, 0.1) is 13.8 Å². The molecule has 0 amide bonds. The number of hydrogen-bond acceptors (Lipinski definition) is 3. The predicted octanol–water partition coefficient (Wildman–Crippen LogP) is 4.04. The number of aryl methyl sites for hydroxylation is 2. The highest BCUT2D eigenvalue weighted by Crippen LogP contribution is 2.28. The molecule has 0 saturated carbocycles. The van der Waals surface area contributed by atoms with Crippen LogP contribution < -0.4 is 9.64 Å². The van der Waals surface area contributed by atoms with E-state index in [9.17, 15) is 5.11 Å². The molecule has 2 aromatic carbocycles. The standard InChI is InChI=1S/C18H23NO2/c1-5-21-18-11-15(6-7-17(18)20)12-19(4)16-9-13(2)8-14(3)10-16/h6-11,20H,5,12H2,1-4H3. The van der Waals surface area contributed by atoms with Crippen molar-refractivity contribution in [1.82, 2.24) is 0 Å². The van der Waals surface area contributed by atoms with E-state index in [1.165, 1.54) is 16.8 Å². The Morgan fingerprint density at radius 3 is 2.33 bits per heavy atom. The molecule has 0 saturated heterocycles. The zero-order chi connectivity index (χ0) is 15.4. The molecule has 112 valence electrons. The summed E-state index contributed by atoms with van der Waals surface area (Å²) in [5.74, 6) is 0.735. The lowest BCUT2D eigenvalue weighted by Crippen LogP contribution is -2.16. The second-order valence-electron chi connectivity index (χ2n) is 5.44. The van der Waals surface area contributed by atoms with E-state index >= 15 is 0 Å². The minimum atomic E-state index is 0.189. The van der Waals surface area contributed by atoms with Gasteiger partial charge in [0.15, 0.2) is 11.5 Å². The first-order valence-corrected chi connectivity index (χ1v) is 7.23. The van der Waals surface area contributed by atoms with Crippen molar-refractivity contribution in [3.63, 3.8) is 0 Å². The van der Waals surface area contributed by atoms with Crippen molar-refractivity contribution < 1.29 is 9.84 Å². The molecule has 0 aliphatic heterocycles. The molecule has 21 heavy (non-hydrogen) atoms. The third kappa shape index (κ3) is 3.91. The van der Waals surface area contributed by atoms with Crippen molar-refractivity contribution in [3.8, 4) is 11.5 Å². The Kier molecular flexibility index (Phi) is 4.73. The van der Waals surface area contributed by atoms with Crippen LogP contribution in [-0.2, 0) is 6.54 Å². The van der Waals surface area contributed by atoms with Crippen LogP contribution >= 0.6 is 0 Å². The zero-order valence-electron chi connectivity index (χ0n) is 13.2. The molecule has 0 spiro atoms. The van der Waals surface area contributed by atoms with Crippen LogP contribution in [0.4, 0.5) is 5.69 Å². The molecule has 3 nitrogen and oxygen atoms in total. The van der Waals surface area contributed by atoms with Crippen molar-refractivity contribution in [3.05, 3.63) is 53.1 Å². The monoisotopic (exact) mass is 285 g/mol. The minimum absolute atomic E-state index is 0.189. The fraction of sp³-hybridized carbons (Fsp3) is 0.333. The molecule has 0 aliphatic carbocycles. The van der Waals surface area contributed by atoms with Gasteiger partial charge in [-0.3, -0.25) is 0 Å². The number of ether oxygens (including phenoxy) is 1. The van der Waals surface area contributed by atoms with Gasteiger partial charge in [-0.15, -0.1) is 0 Å². The SMILES string of the molecule is CCOc1cc(CN(C)c2cc(C)cc(C)c2)ccc1O. The first-order chi connectivity index (χ1) is 9.99. The number of rotatable bonds is 5. The summed E-state index contributed by atoms with van der Waals surface area (Å²) in [7, 11) is 2.07. The Morgan fingerprint density at radius 1 is 1.05 bits per heavy atom. The lowest BCUT2D eigenvalue weighted by molar-refractivity contribution is 0.318. The van der Waals surface area contributed by atoms with E-state index in [1.54, 1.807) is 6.07 Å². The van der Waals surface area contributed by atoms with Gasteiger partial charge in [-0.05, 0) is 61.7 Å². The molecule has 2 aromatic rings. The van der Waals surface area contributed by atoms with Crippen LogP contribution in [0.1, 0.15) is 23.6 Å². The summed E-state index contributed by atoms with van der Waals surface area (Å²) < 4.78 is 5.43. The maximum absolute atomic E-state index is 9.75. The summed E-state index contributed by atoms with van der Waals surface area (Å²) in [5.41, 5.74) is 4.83. The fourth-order valence-electron chi connectivity index (χ4n) is 2.46. The largest absolute Gasteiger partial charge is 0.504 e. The first-order valence-electron chi connectivity index (χ1n) is 7.23. The summed E-state index contributed by atoms with van der Waals surface area (Å²) in [4.78, 5) is 2.20. The topological polar surface area (TPSA) is 32.7 Å². The Hall–Kier alpha value is -2.16. The molecule has 0 atom stereocenters. The molecule has 0 fully saturated rings. The van der Waals surface area contributed by atoms with E-state index in [4.69, 9.17) is 4.74 Å². The summed E-state index contributed by atoms with van der Waals surface area (Å²) in [5, 5.41) is 9.75. The van der Waals surface area contributed by atoms with Gasteiger partial charge in [0.05, 0.1) is 6.61 Å². The van der Waals surface area contributed by atoms with Gasteiger partial charge in [0.25, 0.3) is 0 Å². The van der Waals surface area contributed by atoms with Crippen molar-refractivity contribution in [1.29, 1.82) is 0 Å². The molecule has 0 radical (unpaired) electrons. The van der Waals surface area contributed by atoms with Crippen LogP contribution in [0.15, 0.2) is 36.4 Å². The highest BCUT2D eigenvalue weighted by molar-refractivity contribution is 5.51. The molecule has 3 heteroatoms. The normalized spacial score (nSPS) is 10.5. The average molecular weight is 285 g/mol. The second kappa shape index (κ2) is 6.53. The Morgan fingerprint density at radius 2 is 1.71 bits per heavy atom. The summed E-state index contributed by atoms with van der Waals surface area (Å²) >= 11 is 0. The fourth-order valence-corrected chi connectivity index (χ4v) is 2.46. The molecular weight excluding hydrogens is 262 g/mol. The second-order valence-corrected chi connectivity index (χ2v) is 5.44. The van der Waals surface area contributed by atoms with Crippen molar-refractivity contribution in [2.24, 2.45) is 0 Å². The quantitative estimate of drug-likeness (QED) is 0.899. The average Bonchev–Trinajstić information content (AvgIpc) is 2.41. The summed E-state index contributed by atoms with van der Waals surface area (Å²) in [6.07, 6.45) is 0. The van der Waals surface area contributed by atoms with Crippen molar-refractivity contribution in [2.75, 3.05) is 18.6 Å². The van der Waals surface area contributed by atoms with Gasteiger partial charge >= 0.3 is 0 Å². The van der Waals surface area contributed by atoms with Gasteiger partial charge in [0.1, 0.15) is 0 Å². The maximum atomic E-state index is 9.75. The molecule has 2 rings (SSSR count). The van der Waals surface area contributed by atoms with Gasteiger partial charge in [0.2, 0.25) is 0 Å². The van der Waals surface area contributed by atoms with Gasteiger partial charge in [0, 0.05) is 19.3 Å².